The number of hydrogen-bond acceptors (Lipinski definition) is 7. The largest absolute Gasteiger partial charge is 1.00 e. The summed E-state index contributed by atoms with van der Waals surface area (Å²) < 4.78 is 14.7. The van der Waals surface area contributed by atoms with Crippen LogP contribution in [0.15, 0.2) is 59.7 Å². The highest BCUT2D eigenvalue weighted by atomic mass is 79.9. The SMILES string of the molecule is CC[C@@]1(O)C(=O)OCc2c1cc1n(c2=O)Cc2cc3cc(OCC[n+]4cccc(CO)c4)ccc3nc2-1.[Br-]. The van der Waals surface area contributed by atoms with Gasteiger partial charge in [0, 0.05) is 28.1 Å². The minimum atomic E-state index is -1.84. The summed E-state index contributed by atoms with van der Waals surface area (Å²) in [4.78, 5) is 30.5. The van der Waals surface area contributed by atoms with Gasteiger partial charge in [-0.1, -0.05) is 6.92 Å². The smallest absolute Gasteiger partial charge is 0.343 e. The number of aromatic nitrogens is 3. The van der Waals surface area contributed by atoms with Gasteiger partial charge in [-0.25, -0.2) is 14.3 Å². The average molecular weight is 580 g/mol. The molecule has 2 aliphatic rings. The van der Waals surface area contributed by atoms with Crippen LogP contribution < -0.4 is 31.8 Å². The van der Waals surface area contributed by atoms with Crippen molar-refractivity contribution in [3.8, 4) is 17.1 Å². The standard InChI is InChI=1S/C28H26N3O6.BrH/c1-2-28(35)22-12-24-25-19(14-31(24)26(33)21(22)16-37-27(28)34)10-18-11-20(5-6-23(18)29-25)36-9-8-30-7-3-4-17(13-30)15-32;/h3-7,10-13,32,35H,2,8-9,14-16H2,1H3;1H/q+1;/p-1/t28-;/m0./s1. The molecule has 0 saturated heterocycles. The Kier molecular flexibility index (Phi) is 6.81. The number of carbonyl (C=O) groups excluding carboxylic acids is 1. The number of esters is 1. The summed E-state index contributed by atoms with van der Waals surface area (Å²) in [6.45, 7) is 2.97. The second-order valence-electron chi connectivity index (χ2n) is 9.41. The number of halogens is 1. The van der Waals surface area contributed by atoms with Crippen molar-refractivity contribution < 1.29 is 46.0 Å². The quantitative estimate of drug-likeness (QED) is 0.195. The Labute approximate surface area is 228 Å². The zero-order valence-electron chi connectivity index (χ0n) is 20.7. The number of ether oxygens (including phenoxy) is 2. The number of cyclic esters (lactones) is 1. The summed E-state index contributed by atoms with van der Waals surface area (Å²) in [7, 11) is 0. The summed E-state index contributed by atoms with van der Waals surface area (Å²) in [5.41, 5.74) is 2.22. The maximum atomic E-state index is 13.3. The van der Waals surface area contributed by atoms with E-state index in [0.29, 0.717) is 48.0 Å². The molecule has 1 aromatic carbocycles. The number of aliphatic hydroxyl groups excluding tert-OH is 1. The van der Waals surface area contributed by atoms with Gasteiger partial charge in [-0.2, -0.15) is 0 Å². The molecule has 0 radical (unpaired) electrons. The van der Waals surface area contributed by atoms with Crippen LogP contribution in [0.1, 0.15) is 35.6 Å². The number of hydrogen-bond donors (Lipinski definition) is 2. The van der Waals surface area contributed by atoms with Crippen LogP contribution in [0, 0.1) is 0 Å². The van der Waals surface area contributed by atoms with Crippen LogP contribution in [-0.2, 0) is 41.4 Å². The zero-order chi connectivity index (χ0) is 25.7. The molecule has 5 heterocycles. The van der Waals surface area contributed by atoms with E-state index in [9.17, 15) is 19.8 Å². The van der Waals surface area contributed by atoms with E-state index < -0.39 is 11.6 Å². The molecular weight excluding hydrogens is 554 g/mol. The molecule has 0 bridgehead atoms. The Balaban J connectivity index is 0.00000294. The number of fused-ring (bicyclic) bond motifs is 5. The normalized spacial score (nSPS) is 17.3. The second-order valence-corrected chi connectivity index (χ2v) is 9.41. The van der Waals surface area contributed by atoms with Gasteiger partial charge in [0.15, 0.2) is 24.5 Å². The Morgan fingerprint density at radius 2 is 2.05 bits per heavy atom. The minimum Gasteiger partial charge on any atom is -1.00 e. The maximum Gasteiger partial charge on any atom is 0.343 e. The van der Waals surface area contributed by atoms with Crippen molar-refractivity contribution in [3.63, 3.8) is 0 Å². The van der Waals surface area contributed by atoms with E-state index in [1.807, 2.05) is 53.4 Å². The van der Waals surface area contributed by atoms with E-state index >= 15 is 0 Å². The molecule has 2 N–H and O–H groups in total. The zero-order valence-corrected chi connectivity index (χ0v) is 22.3. The van der Waals surface area contributed by atoms with Crippen LogP contribution in [0.5, 0.6) is 5.75 Å². The molecule has 0 saturated carbocycles. The van der Waals surface area contributed by atoms with Crippen LogP contribution in [0.4, 0.5) is 0 Å². The number of rotatable bonds is 6. The Morgan fingerprint density at radius 3 is 2.84 bits per heavy atom. The topological polar surface area (TPSA) is 115 Å². The van der Waals surface area contributed by atoms with E-state index in [2.05, 4.69) is 0 Å². The molecule has 38 heavy (non-hydrogen) atoms. The molecular formula is C28H26BrN3O6. The fourth-order valence-corrected chi connectivity index (χ4v) is 5.13. The van der Waals surface area contributed by atoms with Gasteiger partial charge in [0.05, 0.1) is 35.6 Å². The molecule has 2 aliphatic heterocycles. The predicted molar refractivity (Wildman–Crippen MR) is 133 cm³/mol. The molecule has 4 aromatic rings. The first-order valence-electron chi connectivity index (χ1n) is 12.2. The van der Waals surface area contributed by atoms with Gasteiger partial charge in [0.25, 0.3) is 5.56 Å². The van der Waals surface area contributed by atoms with Crippen molar-refractivity contribution in [2.75, 3.05) is 6.61 Å². The van der Waals surface area contributed by atoms with E-state index in [1.54, 1.807) is 17.6 Å². The molecule has 0 fully saturated rings. The molecule has 0 aliphatic carbocycles. The summed E-state index contributed by atoms with van der Waals surface area (Å²) >= 11 is 0. The number of nitrogens with zero attached hydrogens (tertiary/aromatic N) is 3. The fourth-order valence-electron chi connectivity index (χ4n) is 5.13. The van der Waals surface area contributed by atoms with Crippen molar-refractivity contribution in [1.82, 2.24) is 9.55 Å². The summed E-state index contributed by atoms with van der Waals surface area (Å²) in [5, 5.41) is 21.2. The highest BCUT2D eigenvalue weighted by Gasteiger charge is 2.45. The summed E-state index contributed by atoms with van der Waals surface area (Å²) in [6.07, 6.45) is 3.92. The minimum absolute atomic E-state index is 0. The van der Waals surface area contributed by atoms with Crippen molar-refractivity contribution in [2.45, 2.75) is 45.2 Å². The molecule has 0 amide bonds. The van der Waals surface area contributed by atoms with Crippen LogP contribution >= 0.6 is 0 Å². The van der Waals surface area contributed by atoms with Crippen molar-refractivity contribution in [2.24, 2.45) is 0 Å². The van der Waals surface area contributed by atoms with E-state index in [1.165, 1.54) is 0 Å². The predicted octanol–water partition coefficient (Wildman–Crippen LogP) is -1.06. The lowest BCUT2D eigenvalue weighted by atomic mass is 9.86. The molecule has 10 heteroatoms. The molecule has 1 atom stereocenters. The van der Waals surface area contributed by atoms with E-state index in [0.717, 1.165) is 22.0 Å². The molecule has 0 spiro atoms. The summed E-state index contributed by atoms with van der Waals surface area (Å²) in [5.74, 6) is -0.0245. The second kappa shape index (κ2) is 9.94. The lowest BCUT2D eigenvalue weighted by Crippen LogP contribution is -3.00. The Bertz CT molecular complexity index is 1640. The van der Waals surface area contributed by atoms with Gasteiger partial charge < -0.3 is 41.2 Å². The van der Waals surface area contributed by atoms with Crippen LogP contribution in [0.2, 0.25) is 0 Å². The van der Waals surface area contributed by atoms with Crippen LogP contribution in [0.3, 0.4) is 0 Å². The Hall–Kier alpha value is -3.60. The number of aliphatic hydroxyl groups is 2. The molecule has 3 aromatic heterocycles. The molecule has 0 unspecified atom stereocenters. The van der Waals surface area contributed by atoms with Gasteiger partial charge >= 0.3 is 5.97 Å². The maximum absolute atomic E-state index is 13.3. The highest BCUT2D eigenvalue weighted by Crippen LogP contribution is 2.38. The molecule has 9 nitrogen and oxygen atoms in total. The number of carbonyl (C=O) groups is 1. The van der Waals surface area contributed by atoms with Gasteiger partial charge in [0.2, 0.25) is 0 Å². The third-order valence-corrected chi connectivity index (χ3v) is 7.20. The first-order chi connectivity index (χ1) is 17.9. The number of pyridine rings is 3. The lowest BCUT2D eigenvalue weighted by Gasteiger charge is -2.31. The van der Waals surface area contributed by atoms with Gasteiger partial charge in [-0.05, 0) is 42.8 Å². The van der Waals surface area contributed by atoms with E-state index in [-0.39, 0.29) is 42.2 Å². The first kappa shape index (κ1) is 26.0. The van der Waals surface area contributed by atoms with Gasteiger partial charge in [-0.3, -0.25) is 4.79 Å². The van der Waals surface area contributed by atoms with Crippen molar-refractivity contribution in [3.05, 3.63) is 87.5 Å². The van der Waals surface area contributed by atoms with Crippen LogP contribution in [-0.4, -0.2) is 32.3 Å². The third kappa shape index (κ3) is 4.18. The monoisotopic (exact) mass is 579 g/mol. The third-order valence-electron chi connectivity index (χ3n) is 7.20. The highest BCUT2D eigenvalue weighted by molar-refractivity contribution is 5.87. The van der Waals surface area contributed by atoms with Crippen LogP contribution in [0.25, 0.3) is 22.3 Å². The average Bonchev–Trinajstić information content (AvgIpc) is 3.27. The lowest BCUT2D eigenvalue weighted by molar-refractivity contribution is -0.698. The number of benzene rings is 1. The fraction of sp³-hybridized carbons (Fsp3) is 0.286. The van der Waals surface area contributed by atoms with E-state index in [4.69, 9.17) is 14.5 Å². The van der Waals surface area contributed by atoms with Gasteiger partial charge in [-0.15, -0.1) is 0 Å². The summed E-state index contributed by atoms with van der Waals surface area (Å²) in [6, 6.07) is 13.1. The van der Waals surface area contributed by atoms with Gasteiger partial charge in [0.1, 0.15) is 19.0 Å². The molecule has 6 rings (SSSR count). The van der Waals surface area contributed by atoms with Crippen molar-refractivity contribution in [1.29, 1.82) is 0 Å². The Morgan fingerprint density at radius 1 is 1.21 bits per heavy atom. The van der Waals surface area contributed by atoms with Crippen molar-refractivity contribution >= 4 is 16.9 Å². The molecule has 196 valence electrons. The first-order valence-corrected chi connectivity index (χ1v) is 12.2.